The van der Waals surface area contributed by atoms with Crippen LogP contribution in [0.15, 0.2) is 18.2 Å². The SMILES string of the molecule is O=C(O)c1ccc2c(c1)N(C(=O)CCNC1CC1)CC2. The maximum absolute atomic E-state index is 12.2. The topological polar surface area (TPSA) is 69.6 Å². The zero-order valence-electron chi connectivity index (χ0n) is 11.3. The molecule has 5 heteroatoms. The van der Waals surface area contributed by atoms with Crippen molar-refractivity contribution in [3.8, 4) is 0 Å². The normalized spacial score (nSPS) is 17.1. The lowest BCUT2D eigenvalue weighted by molar-refractivity contribution is -0.118. The van der Waals surface area contributed by atoms with E-state index in [9.17, 15) is 9.59 Å². The van der Waals surface area contributed by atoms with Crippen molar-refractivity contribution in [2.75, 3.05) is 18.0 Å². The third-order valence-electron chi connectivity index (χ3n) is 3.88. The van der Waals surface area contributed by atoms with Crippen molar-refractivity contribution in [3.63, 3.8) is 0 Å². The van der Waals surface area contributed by atoms with Crippen LogP contribution < -0.4 is 10.2 Å². The second-order valence-electron chi connectivity index (χ2n) is 5.42. The molecule has 0 atom stereocenters. The highest BCUT2D eigenvalue weighted by Crippen LogP contribution is 2.29. The molecule has 0 spiro atoms. The molecule has 106 valence electrons. The Morgan fingerprint density at radius 3 is 2.85 bits per heavy atom. The third kappa shape index (κ3) is 2.67. The fraction of sp³-hybridized carbons (Fsp3) is 0.467. The summed E-state index contributed by atoms with van der Waals surface area (Å²) in [5, 5.41) is 12.4. The minimum Gasteiger partial charge on any atom is -0.478 e. The zero-order chi connectivity index (χ0) is 14.1. The molecule has 0 bridgehead atoms. The molecule has 3 rings (SSSR count). The number of benzene rings is 1. The molecule has 0 unspecified atom stereocenters. The summed E-state index contributed by atoms with van der Waals surface area (Å²) in [5.41, 5.74) is 2.05. The summed E-state index contributed by atoms with van der Waals surface area (Å²) >= 11 is 0. The van der Waals surface area contributed by atoms with Crippen molar-refractivity contribution in [1.29, 1.82) is 0 Å². The Labute approximate surface area is 117 Å². The van der Waals surface area contributed by atoms with Crippen LogP contribution in [-0.2, 0) is 11.2 Å². The van der Waals surface area contributed by atoms with Gasteiger partial charge in [-0.25, -0.2) is 4.79 Å². The first-order chi connectivity index (χ1) is 9.65. The summed E-state index contributed by atoms with van der Waals surface area (Å²) in [7, 11) is 0. The van der Waals surface area contributed by atoms with E-state index in [0.29, 0.717) is 25.6 Å². The number of carboxylic acid groups (broad SMARTS) is 1. The van der Waals surface area contributed by atoms with E-state index in [1.165, 1.54) is 12.8 Å². The number of carboxylic acids is 1. The molecule has 5 nitrogen and oxygen atoms in total. The van der Waals surface area contributed by atoms with Gasteiger partial charge in [-0.1, -0.05) is 6.07 Å². The lowest BCUT2D eigenvalue weighted by Gasteiger charge is -2.17. The molecule has 1 heterocycles. The van der Waals surface area contributed by atoms with Gasteiger partial charge in [0.1, 0.15) is 0 Å². The summed E-state index contributed by atoms with van der Waals surface area (Å²) in [6.45, 7) is 1.36. The van der Waals surface area contributed by atoms with Gasteiger partial charge in [0.05, 0.1) is 5.56 Å². The smallest absolute Gasteiger partial charge is 0.335 e. The van der Waals surface area contributed by atoms with Crippen LogP contribution >= 0.6 is 0 Å². The average molecular weight is 274 g/mol. The van der Waals surface area contributed by atoms with Crippen LogP contribution in [0.25, 0.3) is 0 Å². The highest BCUT2D eigenvalue weighted by atomic mass is 16.4. The first kappa shape index (κ1) is 13.1. The quantitative estimate of drug-likeness (QED) is 0.852. The van der Waals surface area contributed by atoms with E-state index in [1.807, 2.05) is 6.07 Å². The fourth-order valence-corrected chi connectivity index (χ4v) is 2.58. The van der Waals surface area contributed by atoms with E-state index in [2.05, 4.69) is 5.32 Å². The van der Waals surface area contributed by atoms with E-state index < -0.39 is 5.97 Å². The van der Waals surface area contributed by atoms with Crippen molar-refractivity contribution in [1.82, 2.24) is 5.32 Å². The maximum Gasteiger partial charge on any atom is 0.335 e. The number of hydrogen-bond donors (Lipinski definition) is 2. The molecule has 0 aromatic heterocycles. The number of anilines is 1. The summed E-state index contributed by atoms with van der Waals surface area (Å²) in [6, 6.07) is 5.63. The molecule has 1 aliphatic carbocycles. The molecule has 0 radical (unpaired) electrons. The number of carbonyl (C=O) groups is 2. The van der Waals surface area contributed by atoms with E-state index in [-0.39, 0.29) is 11.5 Å². The number of aromatic carboxylic acids is 1. The molecule has 1 amide bonds. The predicted molar refractivity (Wildman–Crippen MR) is 75.1 cm³/mol. The van der Waals surface area contributed by atoms with Gasteiger partial charge in [-0.15, -0.1) is 0 Å². The second-order valence-corrected chi connectivity index (χ2v) is 5.42. The van der Waals surface area contributed by atoms with Crippen molar-refractivity contribution in [2.45, 2.75) is 31.7 Å². The summed E-state index contributed by atoms with van der Waals surface area (Å²) < 4.78 is 0. The minimum atomic E-state index is -0.956. The molecule has 1 fully saturated rings. The highest BCUT2D eigenvalue weighted by molar-refractivity contribution is 5.97. The van der Waals surface area contributed by atoms with Gasteiger partial charge < -0.3 is 15.3 Å². The predicted octanol–water partition coefficient (Wildman–Crippen LogP) is 1.42. The summed E-state index contributed by atoms with van der Waals surface area (Å²) in [5.74, 6) is -0.887. The fourth-order valence-electron chi connectivity index (χ4n) is 2.58. The molecule has 2 N–H and O–H groups in total. The lowest BCUT2D eigenvalue weighted by atomic mass is 10.1. The molecule has 20 heavy (non-hydrogen) atoms. The van der Waals surface area contributed by atoms with Crippen LogP contribution in [-0.4, -0.2) is 36.1 Å². The van der Waals surface area contributed by atoms with Gasteiger partial charge in [0.25, 0.3) is 0 Å². The largest absolute Gasteiger partial charge is 0.478 e. The number of fused-ring (bicyclic) bond motifs is 1. The summed E-state index contributed by atoms with van der Waals surface area (Å²) in [4.78, 5) is 25.0. The number of carbonyl (C=O) groups excluding carboxylic acids is 1. The summed E-state index contributed by atoms with van der Waals surface area (Å²) in [6.07, 6.45) is 3.69. The van der Waals surface area contributed by atoms with Gasteiger partial charge in [-0.2, -0.15) is 0 Å². The molecule has 1 aromatic carbocycles. The van der Waals surface area contributed by atoms with E-state index in [0.717, 1.165) is 17.7 Å². The molecule has 2 aliphatic rings. The Morgan fingerprint density at radius 1 is 1.35 bits per heavy atom. The van der Waals surface area contributed by atoms with Crippen molar-refractivity contribution >= 4 is 17.6 Å². The molecular formula is C15H18N2O3. The van der Waals surface area contributed by atoms with Gasteiger partial charge in [-0.05, 0) is 37.0 Å². The van der Waals surface area contributed by atoms with Crippen LogP contribution in [0.3, 0.4) is 0 Å². The zero-order valence-corrected chi connectivity index (χ0v) is 11.3. The Kier molecular flexibility index (Phi) is 3.44. The monoisotopic (exact) mass is 274 g/mol. The van der Waals surface area contributed by atoms with Gasteiger partial charge in [0, 0.05) is 31.2 Å². The van der Waals surface area contributed by atoms with Gasteiger partial charge in [-0.3, -0.25) is 4.79 Å². The van der Waals surface area contributed by atoms with Crippen LogP contribution in [0.1, 0.15) is 35.2 Å². The maximum atomic E-state index is 12.2. The van der Waals surface area contributed by atoms with Crippen LogP contribution in [0, 0.1) is 0 Å². The highest BCUT2D eigenvalue weighted by Gasteiger charge is 2.26. The first-order valence-corrected chi connectivity index (χ1v) is 7.05. The number of nitrogens with zero attached hydrogens (tertiary/aromatic N) is 1. The first-order valence-electron chi connectivity index (χ1n) is 7.05. The van der Waals surface area contributed by atoms with Gasteiger partial charge in [0.15, 0.2) is 0 Å². The molecule has 1 aliphatic heterocycles. The second kappa shape index (κ2) is 5.25. The van der Waals surface area contributed by atoms with E-state index in [4.69, 9.17) is 5.11 Å². The van der Waals surface area contributed by atoms with Crippen LogP contribution in [0.4, 0.5) is 5.69 Å². The van der Waals surface area contributed by atoms with Gasteiger partial charge >= 0.3 is 5.97 Å². The lowest BCUT2D eigenvalue weighted by Crippen LogP contribution is -2.32. The van der Waals surface area contributed by atoms with Crippen LogP contribution in [0.5, 0.6) is 0 Å². The minimum absolute atomic E-state index is 0.0689. The van der Waals surface area contributed by atoms with E-state index in [1.54, 1.807) is 17.0 Å². The van der Waals surface area contributed by atoms with Crippen molar-refractivity contribution < 1.29 is 14.7 Å². The van der Waals surface area contributed by atoms with Crippen LogP contribution in [0.2, 0.25) is 0 Å². The number of rotatable bonds is 5. The molecule has 0 saturated heterocycles. The Bertz CT molecular complexity index is 552. The molecule has 1 saturated carbocycles. The molecular weight excluding hydrogens is 256 g/mol. The Hall–Kier alpha value is -1.88. The number of nitrogens with one attached hydrogen (secondary N) is 1. The van der Waals surface area contributed by atoms with E-state index >= 15 is 0 Å². The van der Waals surface area contributed by atoms with Gasteiger partial charge in [0.2, 0.25) is 5.91 Å². The standard InChI is InChI=1S/C15H18N2O3/c18-14(5-7-16-12-3-4-12)17-8-6-10-1-2-11(15(19)20)9-13(10)17/h1-2,9,12,16H,3-8H2,(H,19,20). The van der Waals surface area contributed by atoms with Crippen molar-refractivity contribution in [3.05, 3.63) is 29.3 Å². The van der Waals surface area contributed by atoms with Crippen molar-refractivity contribution in [2.24, 2.45) is 0 Å². The Morgan fingerprint density at radius 2 is 2.15 bits per heavy atom. The Balaban J connectivity index is 1.68. The third-order valence-corrected chi connectivity index (χ3v) is 3.88. The number of amides is 1. The molecule has 1 aromatic rings. The average Bonchev–Trinajstić information content (AvgIpc) is 3.15. The number of hydrogen-bond acceptors (Lipinski definition) is 3.